The molecule has 0 aliphatic carbocycles. The largest absolute Gasteiger partial charge is 0.361 e. The lowest BCUT2D eigenvalue weighted by molar-refractivity contribution is 0.549. The third-order valence-electron chi connectivity index (χ3n) is 4.38. The summed E-state index contributed by atoms with van der Waals surface area (Å²) in [6, 6.07) is 16.1. The lowest BCUT2D eigenvalue weighted by Gasteiger charge is -2.27. The second-order valence-electron chi connectivity index (χ2n) is 6.04. The van der Waals surface area contributed by atoms with Crippen LogP contribution in [0, 0.1) is 12.7 Å². The number of nitrogens with one attached hydrogen (secondary N) is 2. The van der Waals surface area contributed by atoms with Gasteiger partial charge in [0.15, 0.2) is 5.11 Å². The first-order valence-electron chi connectivity index (χ1n) is 8.06. The molecule has 6 heteroatoms. The lowest BCUT2D eigenvalue weighted by atomic mass is 10.0. The summed E-state index contributed by atoms with van der Waals surface area (Å²) < 4.78 is 14.5. The minimum atomic E-state index is -0.304. The summed E-state index contributed by atoms with van der Waals surface area (Å²) in [5.41, 5.74) is 3.32. The topological polar surface area (TPSA) is 44.0 Å². The van der Waals surface area contributed by atoms with E-state index in [4.69, 9.17) is 12.2 Å². The van der Waals surface area contributed by atoms with Gasteiger partial charge in [0.05, 0.1) is 17.4 Å². The lowest BCUT2D eigenvalue weighted by Crippen LogP contribution is -2.30. The van der Waals surface area contributed by atoms with E-state index in [1.54, 1.807) is 18.3 Å². The molecule has 1 saturated heterocycles. The van der Waals surface area contributed by atoms with Crippen molar-refractivity contribution in [3.63, 3.8) is 0 Å². The zero-order chi connectivity index (χ0) is 17.4. The Morgan fingerprint density at radius 3 is 2.56 bits per heavy atom. The number of H-pyrrole nitrogens is 1. The molecule has 4 nitrogen and oxygen atoms in total. The fraction of sp³-hybridized carbons (Fsp3) is 0.158. The quantitative estimate of drug-likeness (QED) is 0.699. The highest BCUT2D eigenvalue weighted by Gasteiger charge is 2.42. The van der Waals surface area contributed by atoms with Gasteiger partial charge in [0.25, 0.3) is 0 Å². The second kappa shape index (κ2) is 6.29. The van der Waals surface area contributed by atoms with Gasteiger partial charge in [-0.05, 0) is 55.5 Å². The highest BCUT2D eigenvalue weighted by atomic mass is 32.1. The monoisotopic (exact) mass is 352 g/mol. The van der Waals surface area contributed by atoms with Gasteiger partial charge in [-0.3, -0.25) is 4.98 Å². The van der Waals surface area contributed by atoms with Crippen LogP contribution in [-0.2, 0) is 0 Å². The molecule has 3 aromatic rings. The van der Waals surface area contributed by atoms with Crippen LogP contribution in [0.5, 0.6) is 0 Å². The number of rotatable bonds is 3. The summed E-state index contributed by atoms with van der Waals surface area (Å²) in [5, 5.41) is 3.80. The number of aromatic amines is 1. The summed E-state index contributed by atoms with van der Waals surface area (Å²) in [7, 11) is 0. The van der Waals surface area contributed by atoms with E-state index >= 15 is 0 Å². The first kappa shape index (κ1) is 15.8. The van der Waals surface area contributed by atoms with Crippen LogP contribution in [0.3, 0.4) is 0 Å². The highest BCUT2D eigenvalue weighted by Crippen LogP contribution is 2.41. The number of benzene rings is 1. The Kier molecular flexibility index (Phi) is 3.97. The van der Waals surface area contributed by atoms with E-state index in [0.29, 0.717) is 10.8 Å². The smallest absolute Gasteiger partial charge is 0.174 e. The third-order valence-corrected chi connectivity index (χ3v) is 4.70. The van der Waals surface area contributed by atoms with Gasteiger partial charge in [0.2, 0.25) is 0 Å². The van der Waals surface area contributed by atoms with Gasteiger partial charge in [-0.15, -0.1) is 0 Å². The van der Waals surface area contributed by atoms with Crippen molar-refractivity contribution in [2.24, 2.45) is 0 Å². The van der Waals surface area contributed by atoms with Crippen LogP contribution in [0.4, 0.5) is 10.1 Å². The number of halogens is 1. The Bertz CT molecular complexity index is 909. The van der Waals surface area contributed by atoms with E-state index in [-0.39, 0.29) is 17.9 Å². The van der Waals surface area contributed by atoms with Gasteiger partial charge in [-0.1, -0.05) is 18.2 Å². The molecule has 1 aliphatic rings. The molecule has 0 unspecified atom stereocenters. The Hall–Kier alpha value is -2.73. The highest BCUT2D eigenvalue weighted by molar-refractivity contribution is 7.80. The number of hydrogen-bond acceptors (Lipinski definition) is 2. The standard InChI is InChI=1S/C19H17FN4S/c1-12-9-10-15(22-12)18-17(14-7-4-5-11-21-14)23-19(25)24(18)16-8-3-2-6-13(16)20/h2-11,17-18,22H,1H3,(H,23,25)/t17-,18-/m0/s1. The van der Waals surface area contributed by atoms with Gasteiger partial charge < -0.3 is 15.2 Å². The maximum absolute atomic E-state index is 14.5. The number of thiocarbonyl (C=S) groups is 1. The predicted octanol–water partition coefficient (Wildman–Crippen LogP) is 4.03. The van der Waals surface area contributed by atoms with Crippen molar-refractivity contribution < 1.29 is 4.39 Å². The zero-order valence-corrected chi connectivity index (χ0v) is 14.4. The fourth-order valence-corrected chi connectivity index (χ4v) is 3.61. The first-order chi connectivity index (χ1) is 12.1. The molecule has 0 radical (unpaired) electrons. The van der Waals surface area contributed by atoms with Gasteiger partial charge in [0.1, 0.15) is 11.9 Å². The van der Waals surface area contributed by atoms with Gasteiger partial charge >= 0.3 is 0 Å². The van der Waals surface area contributed by atoms with Crippen molar-refractivity contribution in [2.75, 3.05) is 4.90 Å². The molecule has 2 N–H and O–H groups in total. The van der Waals surface area contributed by atoms with Crippen molar-refractivity contribution in [1.29, 1.82) is 0 Å². The number of anilines is 1. The summed E-state index contributed by atoms with van der Waals surface area (Å²) in [6.07, 6.45) is 1.75. The van der Waals surface area contributed by atoms with Crippen LogP contribution in [0.2, 0.25) is 0 Å². The summed E-state index contributed by atoms with van der Waals surface area (Å²) in [6.45, 7) is 1.99. The normalized spacial score (nSPS) is 19.9. The molecular formula is C19H17FN4S. The van der Waals surface area contributed by atoms with Gasteiger partial charge in [-0.25, -0.2) is 4.39 Å². The number of aryl methyl sites for hydroxylation is 1. The Labute approximate surface area is 150 Å². The van der Waals surface area contributed by atoms with Crippen molar-refractivity contribution in [3.8, 4) is 0 Å². The second-order valence-corrected chi connectivity index (χ2v) is 6.43. The molecule has 0 amide bonds. The van der Waals surface area contributed by atoms with Gasteiger partial charge in [-0.2, -0.15) is 0 Å². The van der Waals surface area contributed by atoms with Crippen LogP contribution < -0.4 is 10.2 Å². The molecule has 1 aliphatic heterocycles. The molecular weight excluding hydrogens is 335 g/mol. The van der Waals surface area contributed by atoms with E-state index < -0.39 is 0 Å². The van der Waals surface area contributed by atoms with Crippen LogP contribution in [0.1, 0.15) is 29.2 Å². The molecule has 3 heterocycles. The Morgan fingerprint density at radius 1 is 1.08 bits per heavy atom. The minimum absolute atomic E-state index is 0.175. The van der Waals surface area contributed by atoms with E-state index in [1.165, 1.54) is 6.07 Å². The number of para-hydroxylation sites is 1. The van der Waals surface area contributed by atoms with Crippen LogP contribution >= 0.6 is 12.2 Å². The summed E-state index contributed by atoms with van der Waals surface area (Å²) in [5.74, 6) is -0.304. The van der Waals surface area contributed by atoms with Crippen LogP contribution in [0.15, 0.2) is 60.8 Å². The van der Waals surface area contributed by atoms with E-state index in [1.807, 2.05) is 48.2 Å². The molecule has 2 aromatic heterocycles. The van der Waals surface area contributed by atoms with E-state index in [9.17, 15) is 4.39 Å². The number of nitrogens with zero attached hydrogens (tertiary/aromatic N) is 2. The Balaban J connectivity index is 1.85. The number of aromatic nitrogens is 2. The molecule has 25 heavy (non-hydrogen) atoms. The van der Waals surface area contributed by atoms with E-state index in [0.717, 1.165) is 17.1 Å². The SMILES string of the molecule is Cc1ccc([C@H]2[C@H](c3ccccn3)NC(=S)N2c2ccccc2F)[nH]1. The molecule has 1 aromatic carbocycles. The average molecular weight is 352 g/mol. The van der Waals surface area contributed by atoms with E-state index in [2.05, 4.69) is 15.3 Å². The molecule has 1 fully saturated rings. The molecule has 0 spiro atoms. The molecule has 0 bridgehead atoms. The minimum Gasteiger partial charge on any atom is -0.361 e. The number of pyridine rings is 1. The number of hydrogen-bond donors (Lipinski definition) is 2. The first-order valence-corrected chi connectivity index (χ1v) is 8.46. The van der Waals surface area contributed by atoms with Crippen molar-refractivity contribution >= 4 is 23.0 Å². The zero-order valence-electron chi connectivity index (χ0n) is 13.6. The Morgan fingerprint density at radius 2 is 1.88 bits per heavy atom. The third kappa shape index (κ3) is 2.78. The maximum Gasteiger partial charge on any atom is 0.174 e. The van der Waals surface area contributed by atoms with Crippen molar-refractivity contribution in [3.05, 3.63) is 83.7 Å². The van der Waals surface area contributed by atoms with Crippen LogP contribution in [-0.4, -0.2) is 15.1 Å². The summed E-state index contributed by atoms with van der Waals surface area (Å²) >= 11 is 5.55. The molecule has 2 atom stereocenters. The molecule has 126 valence electrons. The molecule has 4 rings (SSSR count). The van der Waals surface area contributed by atoms with Gasteiger partial charge in [0, 0.05) is 17.6 Å². The summed E-state index contributed by atoms with van der Waals surface area (Å²) in [4.78, 5) is 9.67. The molecule has 0 saturated carbocycles. The predicted molar refractivity (Wildman–Crippen MR) is 99.9 cm³/mol. The van der Waals surface area contributed by atoms with Crippen molar-refractivity contribution in [1.82, 2.24) is 15.3 Å². The van der Waals surface area contributed by atoms with Crippen molar-refractivity contribution in [2.45, 2.75) is 19.0 Å². The maximum atomic E-state index is 14.5. The van der Waals surface area contributed by atoms with Crippen LogP contribution in [0.25, 0.3) is 0 Å². The average Bonchev–Trinajstić information content (AvgIpc) is 3.19. The fourth-order valence-electron chi connectivity index (χ4n) is 3.28.